The van der Waals surface area contributed by atoms with E-state index in [1.165, 1.54) is 0 Å². The summed E-state index contributed by atoms with van der Waals surface area (Å²) in [5, 5.41) is 0. The molecule has 1 rings (SSSR count). The molecule has 78 valence electrons. The highest BCUT2D eigenvalue weighted by molar-refractivity contribution is 5.26. The summed E-state index contributed by atoms with van der Waals surface area (Å²) in [6, 6.07) is 4.13. The summed E-state index contributed by atoms with van der Waals surface area (Å²) in [6.07, 6.45) is 3.55. The number of aromatic nitrogens is 1. The lowest BCUT2D eigenvalue weighted by Gasteiger charge is -2.11. The first-order valence-electron chi connectivity index (χ1n) is 5.10. The van der Waals surface area contributed by atoms with Crippen LogP contribution in [0.15, 0.2) is 18.3 Å². The third-order valence-electron chi connectivity index (χ3n) is 2.14. The predicted octanol–water partition coefficient (Wildman–Crippen LogP) is 1.76. The molecule has 0 saturated heterocycles. The first-order valence-corrected chi connectivity index (χ1v) is 5.10. The topological polar surface area (TPSA) is 48.1 Å². The number of pyridine rings is 1. The molecule has 0 aliphatic carbocycles. The van der Waals surface area contributed by atoms with Crippen molar-refractivity contribution < 1.29 is 4.74 Å². The lowest BCUT2D eigenvalue weighted by Crippen LogP contribution is -2.21. The van der Waals surface area contributed by atoms with Crippen LogP contribution in [0, 0.1) is 0 Å². The van der Waals surface area contributed by atoms with Crippen LogP contribution in [0.25, 0.3) is 0 Å². The maximum absolute atomic E-state index is 5.89. The Bertz CT molecular complexity index is 276. The fourth-order valence-corrected chi connectivity index (χ4v) is 1.27. The molecule has 3 heteroatoms. The Morgan fingerprint density at radius 3 is 2.93 bits per heavy atom. The smallest absolute Gasteiger partial charge is 0.216 e. The standard InChI is InChI=1S/C11H18N2O/c1-3-10(12)8-9-6-5-7-13-11(9)14-4-2/h5-7,10H,3-4,8,12H2,1-2H3. The van der Waals surface area contributed by atoms with Crippen molar-refractivity contribution in [2.75, 3.05) is 6.61 Å². The zero-order valence-electron chi connectivity index (χ0n) is 8.86. The van der Waals surface area contributed by atoms with Crippen molar-refractivity contribution in [3.63, 3.8) is 0 Å². The first kappa shape index (κ1) is 11.0. The van der Waals surface area contributed by atoms with Crippen molar-refractivity contribution in [1.82, 2.24) is 4.98 Å². The Labute approximate surface area is 85.3 Å². The van der Waals surface area contributed by atoms with Crippen LogP contribution in [0.2, 0.25) is 0 Å². The summed E-state index contributed by atoms with van der Waals surface area (Å²) in [7, 11) is 0. The zero-order valence-corrected chi connectivity index (χ0v) is 8.86. The lowest BCUT2D eigenvalue weighted by molar-refractivity contribution is 0.322. The summed E-state index contributed by atoms with van der Waals surface area (Å²) >= 11 is 0. The summed E-state index contributed by atoms with van der Waals surface area (Å²) in [6.45, 7) is 4.69. The van der Waals surface area contributed by atoms with Gasteiger partial charge in [-0.3, -0.25) is 0 Å². The van der Waals surface area contributed by atoms with Crippen LogP contribution in [0.5, 0.6) is 5.88 Å². The highest BCUT2D eigenvalue weighted by Gasteiger charge is 2.07. The minimum absolute atomic E-state index is 0.193. The Balaban J connectivity index is 2.73. The Hall–Kier alpha value is -1.09. The van der Waals surface area contributed by atoms with Crippen molar-refractivity contribution in [3.8, 4) is 5.88 Å². The van der Waals surface area contributed by atoms with Gasteiger partial charge in [0.05, 0.1) is 6.61 Å². The highest BCUT2D eigenvalue weighted by atomic mass is 16.5. The quantitative estimate of drug-likeness (QED) is 0.777. The van der Waals surface area contributed by atoms with E-state index in [2.05, 4.69) is 11.9 Å². The summed E-state index contributed by atoms with van der Waals surface area (Å²) in [5.41, 5.74) is 6.99. The van der Waals surface area contributed by atoms with E-state index in [1.807, 2.05) is 19.1 Å². The van der Waals surface area contributed by atoms with E-state index < -0.39 is 0 Å². The van der Waals surface area contributed by atoms with Gasteiger partial charge >= 0.3 is 0 Å². The SMILES string of the molecule is CCOc1ncccc1CC(N)CC. The van der Waals surface area contributed by atoms with E-state index in [1.54, 1.807) is 6.20 Å². The molecule has 0 amide bonds. The van der Waals surface area contributed by atoms with E-state index in [4.69, 9.17) is 10.5 Å². The molecule has 1 unspecified atom stereocenters. The molecule has 0 aromatic carbocycles. The minimum Gasteiger partial charge on any atom is -0.478 e. The molecular weight excluding hydrogens is 176 g/mol. The molecule has 2 N–H and O–H groups in total. The fraction of sp³-hybridized carbons (Fsp3) is 0.545. The third kappa shape index (κ3) is 3.00. The first-order chi connectivity index (χ1) is 6.77. The second-order valence-electron chi connectivity index (χ2n) is 3.27. The van der Waals surface area contributed by atoms with Crippen molar-refractivity contribution in [2.24, 2.45) is 5.73 Å². The van der Waals surface area contributed by atoms with Gasteiger partial charge in [-0.2, -0.15) is 0 Å². The van der Waals surface area contributed by atoms with E-state index in [-0.39, 0.29) is 6.04 Å². The predicted molar refractivity (Wildman–Crippen MR) is 57.4 cm³/mol. The summed E-state index contributed by atoms with van der Waals surface area (Å²) in [5.74, 6) is 0.721. The van der Waals surface area contributed by atoms with Gasteiger partial charge < -0.3 is 10.5 Å². The Morgan fingerprint density at radius 1 is 1.50 bits per heavy atom. The normalized spacial score (nSPS) is 12.5. The lowest BCUT2D eigenvalue weighted by atomic mass is 10.1. The van der Waals surface area contributed by atoms with E-state index >= 15 is 0 Å². The average Bonchev–Trinajstić information content (AvgIpc) is 2.21. The van der Waals surface area contributed by atoms with Crippen LogP contribution in [-0.2, 0) is 6.42 Å². The zero-order chi connectivity index (χ0) is 10.4. The Kier molecular flexibility index (Phi) is 4.40. The van der Waals surface area contributed by atoms with Crippen LogP contribution >= 0.6 is 0 Å². The van der Waals surface area contributed by atoms with Gasteiger partial charge in [-0.15, -0.1) is 0 Å². The molecule has 1 atom stereocenters. The number of rotatable bonds is 5. The second-order valence-corrected chi connectivity index (χ2v) is 3.27. The van der Waals surface area contributed by atoms with Gasteiger partial charge in [0.15, 0.2) is 0 Å². The number of nitrogens with zero attached hydrogens (tertiary/aromatic N) is 1. The molecule has 0 fully saturated rings. The maximum atomic E-state index is 5.89. The molecule has 0 saturated carbocycles. The van der Waals surface area contributed by atoms with Crippen molar-refractivity contribution in [2.45, 2.75) is 32.7 Å². The number of hydrogen-bond donors (Lipinski definition) is 1. The van der Waals surface area contributed by atoms with Crippen molar-refractivity contribution in [1.29, 1.82) is 0 Å². The molecule has 1 heterocycles. The molecular formula is C11H18N2O. The van der Waals surface area contributed by atoms with Crippen LogP contribution in [0.1, 0.15) is 25.8 Å². The fourth-order valence-electron chi connectivity index (χ4n) is 1.27. The molecule has 0 radical (unpaired) electrons. The van der Waals surface area contributed by atoms with Crippen molar-refractivity contribution >= 4 is 0 Å². The third-order valence-corrected chi connectivity index (χ3v) is 2.14. The summed E-state index contributed by atoms with van der Waals surface area (Å²) in [4.78, 5) is 4.18. The second kappa shape index (κ2) is 5.60. The van der Waals surface area contributed by atoms with Gasteiger partial charge in [0.1, 0.15) is 0 Å². The summed E-state index contributed by atoms with van der Waals surface area (Å²) < 4.78 is 5.42. The van der Waals surface area contributed by atoms with Gasteiger partial charge in [-0.1, -0.05) is 13.0 Å². The average molecular weight is 194 g/mol. The molecule has 0 bridgehead atoms. The molecule has 0 aliphatic heterocycles. The molecule has 0 spiro atoms. The van der Waals surface area contributed by atoms with Gasteiger partial charge in [0, 0.05) is 17.8 Å². The highest BCUT2D eigenvalue weighted by Crippen LogP contribution is 2.16. The van der Waals surface area contributed by atoms with Gasteiger partial charge in [0.25, 0.3) is 0 Å². The molecule has 0 aliphatic rings. The molecule has 1 aromatic rings. The largest absolute Gasteiger partial charge is 0.478 e. The van der Waals surface area contributed by atoms with Crippen LogP contribution in [0.4, 0.5) is 0 Å². The number of ether oxygens (including phenoxy) is 1. The van der Waals surface area contributed by atoms with Crippen LogP contribution in [-0.4, -0.2) is 17.6 Å². The van der Waals surface area contributed by atoms with E-state index in [0.717, 1.165) is 24.3 Å². The minimum atomic E-state index is 0.193. The monoisotopic (exact) mass is 194 g/mol. The molecule has 1 aromatic heterocycles. The maximum Gasteiger partial charge on any atom is 0.216 e. The number of nitrogens with two attached hydrogens (primary N) is 1. The van der Waals surface area contributed by atoms with Gasteiger partial charge in [0.2, 0.25) is 5.88 Å². The van der Waals surface area contributed by atoms with E-state index in [0.29, 0.717) is 6.61 Å². The molecule has 3 nitrogen and oxygen atoms in total. The van der Waals surface area contributed by atoms with Gasteiger partial charge in [-0.05, 0) is 25.8 Å². The van der Waals surface area contributed by atoms with Crippen LogP contribution < -0.4 is 10.5 Å². The van der Waals surface area contributed by atoms with E-state index in [9.17, 15) is 0 Å². The molecule has 14 heavy (non-hydrogen) atoms. The Morgan fingerprint density at radius 2 is 2.29 bits per heavy atom. The van der Waals surface area contributed by atoms with Gasteiger partial charge in [-0.25, -0.2) is 4.98 Å². The number of hydrogen-bond acceptors (Lipinski definition) is 3. The van der Waals surface area contributed by atoms with Crippen LogP contribution in [0.3, 0.4) is 0 Å². The van der Waals surface area contributed by atoms with Crippen molar-refractivity contribution in [3.05, 3.63) is 23.9 Å².